The van der Waals surface area contributed by atoms with Crippen LogP contribution in [0.4, 0.5) is 5.69 Å². The van der Waals surface area contributed by atoms with E-state index >= 15 is 0 Å². The lowest BCUT2D eigenvalue weighted by molar-refractivity contribution is 0.0601. The number of rotatable bonds is 7. The van der Waals surface area contributed by atoms with Gasteiger partial charge in [-0.25, -0.2) is 4.79 Å². The molecule has 0 aromatic heterocycles. The Balaban J connectivity index is 1.98. The van der Waals surface area contributed by atoms with E-state index in [0.29, 0.717) is 17.1 Å². The maximum atomic E-state index is 11.9. The molecular weight excluding hydrogens is 324 g/mol. The first-order valence-corrected chi connectivity index (χ1v) is 7.58. The zero-order valence-corrected chi connectivity index (χ0v) is 14.1. The Morgan fingerprint density at radius 1 is 1.08 bits per heavy atom. The molecule has 2 rings (SSSR count). The molecule has 0 saturated heterocycles. The molecule has 2 aromatic rings. The molecule has 0 fully saturated rings. The summed E-state index contributed by atoms with van der Waals surface area (Å²) in [6.07, 6.45) is 0. The SMILES string of the molecule is COC(=O)c1cc(OCCNC(=O)c2ccccc2)c(OC)cc1N. The number of carbonyl (C=O) groups is 2. The molecular formula is C18H20N2O5. The minimum atomic E-state index is -0.567. The molecule has 0 radical (unpaired) electrons. The Kier molecular flexibility index (Phi) is 6.22. The van der Waals surface area contributed by atoms with E-state index in [0.717, 1.165) is 0 Å². The largest absolute Gasteiger partial charge is 0.493 e. The van der Waals surface area contributed by atoms with E-state index in [4.69, 9.17) is 15.2 Å². The zero-order valence-electron chi connectivity index (χ0n) is 14.1. The number of ether oxygens (including phenoxy) is 3. The van der Waals surface area contributed by atoms with Crippen molar-refractivity contribution in [2.75, 3.05) is 33.1 Å². The van der Waals surface area contributed by atoms with Crippen molar-refractivity contribution < 1.29 is 23.8 Å². The number of carbonyl (C=O) groups excluding carboxylic acids is 2. The molecule has 0 aliphatic rings. The van der Waals surface area contributed by atoms with Crippen molar-refractivity contribution in [3.8, 4) is 11.5 Å². The summed E-state index contributed by atoms with van der Waals surface area (Å²) >= 11 is 0. The summed E-state index contributed by atoms with van der Waals surface area (Å²) in [6, 6.07) is 11.8. The van der Waals surface area contributed by atoms with Crippen LogP contribution in [0, 0.1) is 0 Å². The minimum absolute atomic E-state index is 0.187. The Morgan fingerprint density at radius 2 is 1.80 bits per heavy atom. The van der Waals surface area contributed by atoms with Crippen LogP contribution < -0.4 is 20.5 Å². The predicted octanol–water partition coefficient (Wildman–Crippen LogP) is 1.87. The lowest BCUT2D eigenvalue weighted by atomic mass is 10.1. The number of methoxy groups -OCH3 is 2. The van der Waals surface area contributed by atoms with Gasteiger partial charge >= 0.3 is 5.97 Å². The maximum Gasteiger partial charge on any atom is 0.340 e. The van der Waals surface area contributed by atoms with Crippen molar-refractivity contribution >= 4 is 17.6 Å². The molecule has 0 aliphatic carbocycles. The van der Waals surface area contributed by atoms with E-state index in [1.807, 2.05) is 6.07 Å². The number of nitrogens with two attached hydrogens (primary N) is 1. The Hall–Kier alpha value is -3.22. The molecule has 7 nitrogen and oxygen atoms in total. The van der Waals surface area contributed by atoms with Crippen molar-refractivity contribution in [3.05, 3.63) is 53.6 Å². The van der Waals surface area contributed by atoms with Crippen LogP contribution in [-0.4, -0.2) is 39.2 Å². The van der Waals surface area contributed by atoms with Gasteiger partial charge in [0.05, 0.1) is 32.0 Å². The van der Waals surface area contributed by atoms with E-state index in [1.165, 1.54) is 26.4 Å². The summed E-state index contributed by atoms with van der Waals surface area (Å²) < 4.78 is 15.5. The first-order chi connectivity index (χ1) is 12.1. The number of hydrogen-bond acceptors (Lipinski definition) is 6. The minimum Gasteiger partial charge on any atom is -0.493 e. The van der Waals surface area contributed by atoms with E-state index < -0.39 is 5.97 Å². The van der Waals surface area contributed by atoms with Crippen molar-refractivity contribution in [1.82, 2.24) is 5.32 Å². The molecule has 2 aromatic carbocycles. The highest BCUT2D eigenvalue weighted by Gasteiger charge is 2.16. The molecule has 0 saturated carbocycles. The van der Waals surface area contributed by atoms with Gasteiger partial charge in [0.15, 0.2) is 11.5 Å². The van der Waals surface area contributed by atoms with Gasteiger partial charge in [-0.1, -0.05) is 18.2 Å². The number of anilines is 1. The Bertz CT molecular complexity index is 747. The van der Waals surface area contributed by atoms with Crippen LogP contribution in [0.25, 0.3) is 0 Å². The molecule has 0 heterocycles. The molecule has 7 heteroatoms. The predicted molar refractivity (Wildman–Crippen MR) is 93.0 cm³/mol. The van der Waals surface area contributed by atoms with Crippen LogP contribution in [0.1, 0.15) is 20.7 Å². The number of hydrogen-bond donors (Lipinski definition) is 2. The van der Waals surface area contributed by atoms with Crippen LogP contribution >= 0.6 is 0 Å². The van der Waals surface area contributed by atoms with Gasteiger partial charge in [-0.15, -0.1) is 0 Å². The van der Waals surface area contributed by atoms with Crippen LogP contribution in [0.5, 0.6) is 11.5 Å². The third kappa shape index (κ3) is 4.63. The first kappa shape index (κ1) is 18.1. The summed E-state index contributed by atoms with van der Waals surface area (Å²) in [5.74, 6) is -0.0308. The van der Waals surface area contributed by atoms with Crippen molar-refractivity contribution in [3.63, 3.8) is 0 Å². The fourth-order valence-corrected chi connectivity index (χ4v) is 2.15. The summed E-state index contributed by atoms with van der Waals surface area (Å²) in [7, 11) is 2.74. The molecule has 0 aliphatic heterocycles. The highest BCUT2D eigenvalue weighted by Crippen LogP contribution is 2.32. The summed E-state index contributed by atoms with van der Waals surface area (Å²) in [6.45, 7) is 0.480. The van der Waals surface area contributed by atoms with Crippen LogP contribution in [0.3, 0.4) is 0 Å². The highest BCUT2D eigenvalue weighted by atomic mass is 16.5. The lowest BCUT2D eigenvalue weighted by Gasteiger charge is -2.14. The van der Waals surface area contributed by atoms with Crippen LogP contribution in [0.15, 0.2) is 42.5 Å². The van der Waals surface area contributed by atoms with Gasteiger partial charge in [-0.2, -0.15) is 0 Å². The van der Waals surface area contributed by atoms with Crippen LogP contribution in [0.2, 0.25) is 0 Å². The van der Waals surface area contributed by atoms with Gasteiger partial charge < -0.3 is 25.3 Å². The summed E-state index contributed by atoms with van der Waals surface area (Å²) in [5, 5.41) is 2.75. The van der Waals surface area contributed by atoms with E-state index in [9.17, 15) is 9.59 Å². The second kappa shape index (κ2) is 8.58. The Labute approximate surface area is 145 Å². The second-order valence-corrected chi connectivity index (χ2v) is 5.05. The fraction of sp³-hybridized carbons (Fsp3) is 0.222. The van der Waals surface area contributed by atoms with Gasteiger partial charge in [0.2, 0.25) is 0 Å². The standard InChI is InChI=1S/C18H20N2O5/c1-23-15-11-14(19)13(18(22)24-2)10-16(15)25-9-8-20-17(21)12-6-4-3-5-7-12/h3-7,10-11H,8-9,19H2,1-2H3,(H,20,21). The highest BCUT2D eigenvalue weighted by molar-refractivity contribution is 5.96. The van der Waals surface area contributed by atoms with E-state index in [-0.39, 0.29) is 30.3 Å². The molecule has 0 bridgehead atoms. The second-order valence-electron chi connectivity index (χ2n) is 5.05. The smallest absolute Gasteiger partial charge is 0.340 e. The quantitative estimate of drug-likeness (QED) is 0.452. The fourth-order valence-electron chi connectivity index (χ4n) is 2.15. The van der Waals surface area contributed by atoms with Gasteiger partial charge in [-0.3, -0.25) is 4.79 Å². The molecule has 0 spiro atoms. The monoisotopic (exact) mass is 344 g/mol. The summed E-state index contributed by atoms with van der Waals surface area (Å²) in [5.41, 5.74) is 6.79. The first-order valence-electron chi connectivity index (χ1n) is 7.58. The molecule has 3 N–H and O–H groups in total. The van der Waals surface area contributed by atoms with E-state index in [1.54, 1.807) is 24.3 Å². The van der Waals surface area contributed by atoms with Crippen LogP contribution in [-0.2, 0) is 4.74 Å². The van der Waals surface area contributed by atoms with Crippen molar-refractivity contribution in [2.24, 2.45) is 0 Å². The Morgan fingerprint density at radius 3 is 2.44 bits per heavy atom. The number of benzene rings is 2. The molecule has 0 unspecified atom stereocenters. The third-order valence-corrected chi connectivity index (χ3v) is 3.42. The molecule has 0 atom stereocenters. The number of esters is 1. The average Bonchev–Trinajstić information content (AvgIpc) is 2.65. The molecule has 25 heavy (non-hydrogen) atoms. The topological polar surface area (TPSA) is 99.9 Å². The van der Waals surface area contributed by atoms with E-state index in [2.05, 4.69) is 10.1 Å². The molecule has 1 amide bonds. The summed E-state index contributed by atoms with van der Waals surface area (Å²) in [4.78, 5) is 23.6. The van der Waals surface area contributed by atoms with Gasteiger partial charge in [-0.05, 0) is 12.1 Å². The maximum absolute atomic E-state index is 11.9. The van der Waals surface area contributed by atoms with Gasteiger partial charge in [0.25, 0.3) is 5.91 Å². The van der Waals surface area contributed by atoms with Gasteiger partial charge in [0, 0.05) is 17.7 Å². The zero-order chi connectivity index (χ0) is 18.2. The normalized spacial score (nSPS) is 10.0. The van der Waals surface area contributed by atoms with Crippen molar-refractivity contribution in [1.29, 1.82) is 0 Å². The van der Waals surface area contributed by atoms with Crippen molar-refractivity contribution in [2.45, 2.75) is 0 Å². The number of nitrogen functional groups attached to an aromatic ring is 1. The third-order valence-electron chi connectivity index (χ3n) is 3.42. The average molecular weight is 344 g/mol. The van der Waals surface area contributed by atoms with Gasteiger partial charge in [0.1, 0.15) is 6.61 Å². The number of nitrogens with one attached hydrogen (secondary N) is 1. The lowest BCUT2D eigenvalue weighted by Crippen LogP contribution is -2.28. The number of amides is 1. The molecule has 132 valence electrons.